The van der Waals surface area contributed by atoms with Gasteiger partial charge in [0.15, 0.2) is 0 Å². The van der Waals surface area contributed by atoms with Gasteiger partial charge in [-0.15, -0.1) is 11.8 Å². The van der Waals surface area contributed by atoms with E-state index in [0.29, 0.717) is 17.0 Å². The first kappa shape index (κ1) is 16.8. The SMILES string of the molecule is CSc1ccc(OC(=O)Nc2ccc(C)c([N+](=O)[O-])c2)cc1C. The molecule has 120 valence electrons. The molecule has 1 N–H and O–H groups in total. The number of nitro benzene ring substituents is 1. The normalized spacial score (nSPS) is 10.2. The predicted octanol–water partition coefficient (Wildman–Crippen LogP) is 4.54. The lowest BCUT2D eigenvalue weighted by atomic mass is 10.2. The maximum atomic E-state index is 11.9. The van der Waals surface area contributed by atoms with Gasteiger partial charge in [-0.25, -0.2) is 4.79 Å². The van der Waals surface area contributed by atoms with E-state index in [4.69, 9.17) is 4.74 Å². The molecule has 1 amide bonds. The molecule has 0 unspecified atom stereocenters. The summed E-state index contributed by atoms with van der Waals surface area (Å²) in [5.74, 6) is 0.416. The van der Waals surface area contributed by atoms with Gasteiger partial charge in [0.05, 0.1) is 10.6 Å². The molecule has 0 aromatic heterocycles. The molecule has 0 saturated heterocycles. The summed E-state index contributed by atoms with van der Waals surface area (Å²) in [6, 6.07) is 9.81. The zero-order valence-electron chi connectivity index (χ0n) is 13.0. The Labute approximate surface area is 138 Å². The largest absolute Gasteiger partial charge is 0.417 e. The molecule has 0 saturated carbocycles. The van der Waals surface area contributed by atoms with E-state index in [1.807, 2.05) is 19.2 Å². The van der Waals surface area contributed by atoms with Crippen molar-refractivity contribution >= 4 is 29.2 Å². The number of thioether (sulfide) groups is 1. The van der Waals surface area contributed by atoms with Crippen molar-refractivity contribution in [2.45, 2.75) is 18.7 Å². The number of carbonyl (C=O) groups is 1. The Morgan fingerprint density at radius 3 is 2.52 bits per heavy atom. The number of nitrogens with zero attached hydrogens (tertiary/aromatic N) is 1. The van der Waals surface area contributed by atoms with Gasteiger partial charge >= 0.3 is 6.09 Å². The Kier molecular flexibility index (Phi) is 5.23. The van der Waals surface area contributed by atoms with Crippen LogP contribution in [-0.2, 0) is 0 Å². The minimum Gasteiger partial charge on any atom is -0.410 e. The van der Waals surface area contributed by atoms with Crippen LogP contribution < -0.4 is 10.1 Å². The van der Waals surface area contributed by atoms with E-state index in [1.54, 1.807) is 43.0 Å². The summed E-state index contributed by atoms with van der Waals surface area (Å²) in [5, 5.41) is 13.4. The van der Waals surface area contributed by atoms with E-state index >= 15 is 0 Å². The van der Waals surface area contributed by atoms with Crippen molar-refractivity contribution in [2.75, 3.05) is 11.6 Å². The Morgan fingerprint density at radius 1 is 1.17 bits per heavy atom. The van der Waals surface area contributed by atoms with Gasteiger partial charge in [0.1, 0.15) is 5.75 Å². The van der Waals surface area contributed by atoms with Crippen LogP contribution in [-0.4, -0.2) is 17.3 Å². The van der Waals surface area contributed by atoms with Crippen LogP contribution in [0.15, 0.2) is 41.3 Å². The highest BCUT2D eigenvalue weighted by atomic mass is 32.2. The number of rotatable bonds is 4. The van der Waals surface area contributed by atoms with Gasteiger partial charge in [0.25, 0.3) is 5.69 Å². The maximum absolute atomic E-state index is 11.9. The molecule has 0 heterocycles. The van der Waals surface area contributed by atoms with Crippen molar-refractivity contribution < 1.29 is 14.5 Å². The molecule has 0 aliphatic carbocycles. The highest BCUT2D eigenvalue weighted by Gasteiger charge is 2.13. The van der Waals surface area contributed by atoms with Crippen LogP contribution in [0.4, 0.5) is 16.2 Å². The summed E-state index contributed by atoms with van der Waals surface area (Å²) in [6.45, 7) is 3.57. The molecule has 0 radical (unpaired) electrons. The third-order valence-corrected chi connectivity index (χ3v) is 4.13. The molecular formula is C16H16N2O4S. The average molecular weight is 332 g/mol. The van der Waals surface area contributed by atoms with Crippen LogP contribution in [0.1, 0.15) is 11.1 Å². The molecule has 2 aromatic rings. The van der Waals surface area contributed by atoms with Crippen molar-refractivity contribution in [1.29, 1.82) is 0 Å². The van der Waals surface area contributed by atoms with Gasteiger partial charge < -0.3 is 4.74 Å². The summed E-state index contributed by atoms with van der Waals surface area (Å²) in [6.07, 6.45) is 1.28. The van der Waals surface area contributed by atoms with Crippen LogP contribution in [0.25, 0.3) is 0 Å². The lowest BCUT2D eigenvalue weighted by molar-refractivity contribution is -0.385. The molecule has 0 fully saturated rings. The fraction of sp³-hybridized carbons (Fsp3) is 0.188. The molecule has 0 aliphatic heterocycles. The fourth-order valence-corrected chi connectivity index (χ4v) is 2.63. The molecule has 0 atom stereocenters. The van der Waals surface area contributed by atoms with Crippen LogP contribution in [0.2, 0.25) is 0 Å². The van der Waals surface area contributed by atoms with E-state index in [1.165, 1.54) is 6.07 Å². The molecule has 2 rings (SSSR count). The monoisotopic (exact) mass is 332 g/mol. The molecule has 7 heteroatoms. The number of ether oxygens (including phenoxy) is 1. The number of hydrogen-bond donors (Lipinski definition) is 1. The highest BCUT2D eigenvalue weighted by Crippen LogP contribution is 2.25. The van der Waals surface area contributed by atoms with Crippen LogP contribution in [0.5, 0.6) is 5.75 Å². The number of anilines is 1. The van der Waals surface area contributed by atoms with Gasteiger partial charge in [-0.3, -0.25) is 15.4 Å². The Morgan fingerprint density at radius 2 is 1.91 bits per heavy atom. The Hall–Kier alpha value is -2.54. The van der Waals surface area contributed by atoms with Crippen LogP contribution in [0.3, 0.4) is 0 Å². The number of hydrogen-bond acceptors (Lipinski definition) is 5. The number of carbonyl (C=O) groups excluding carboxylic acids is 1. The minimum absolute atomic E-state index is 0.0528. The Balaban J connectivity index is 2.09. The molecule has 6 nitrogen and oxygen atoms in total. The van der Waals surface area contributed by atoms with Gasteiger partial charge in [-0.1, -0.05) is 6.07 Å². The zero-order chi connectivity index (χ0) is 17.0. The second-order valence-electron chi connectivity index (χ2n) is 4.90. The van der Waals surface area contributed by atoms with Crippen LogP contribution in [0, 0.1) is 24.0 Å². The number of aryl methyl sites for hydroxylation is 2. The highest BCUT2D eigenvalue weighted by molar-refractivity contribution is 7.98. The molecule has 0 spiro atoms. The van der Waals surface area contributed by atoms with E-state index in [0.717, 1.165) is 10.5 Å². The predicted molar refractivity (Wildman–Crippen MR) is 90.4 cm³/mol. The summed E-state index contributed by atoms with van der Waals surface area (Å²) >= 11 is 1.61. The maximum Gasteiger partial charge on any atom is 0.417 e. The average Bonchev–Trinajstić information content (AvgIpc) is 2.49. The summed E-state index contributed by atoms with van der Waals surface area (Å²) in [4.78, 5) is 23.4. The van der Waals surface area contributed by atoms with Crippen molar-refractivity contribution in [3.63, 3.8) is 0 Å². The topological polar surface area (TPSA) is 81.5 Å². The number of nitro groups is 1. The van der Waals surface area contributed by atoms with Crippen molar-refractivity contribution in [3.05, 3.63) is 57.6 Å². The van der Waals surface area contributed by atoms with E-state index < -0.39 is 11.0 Å². The molecular weight excluding hydrogens is 316 g/mol. The van der Waals surface area contributed by atoms with Crippen molar-refractivity contribution in [2.24, 2.45) is 0 Å². The zero-order valence-corrected chi connectivity index (χ0v) is 13.8. The molecule has 0 aliphatic rings. The van der Waals surface area contributed by atoms with Gasteiger partial charge in [0, 0.05) is 16.5 Å². The summed E-state index contributed by atoms with van der Waals surface area (Å²) in [7, 11) is 0. The molecule has 23 heavy (non-hydrogen) atoms. The lowest BCUT2D eigenvalue weighted by Gasteiger charge is -2.09. The van der Waals surface area contributed by atoms with E-state index in [-0.39, 0.29) is 5.69 Å². The van der Waals surface area contributed by atoms with Gasteiger partial charge in [-0.05, 0) is 49.9 Å². The standard InChI is InChI=1S/C16H16N2O4S/c1-10-4-5-12(9-14(10)18(20)21)17-16(19)22-13-6-7-15(23-3)11(2)8-13/h4-9H,1-3H3,(H,17,19). The van der Waals surface area contributed by atoms with Crippen LogP contribution >= 0.6 is 11.8 Å². The number of amides is 1. The first-order valence-corrected chi connectivity index (χ1v) is 8.01. The second kappa shape index (κ2) is 7.15. The third kappa shape index (κ3) is 4.23. The number of nitrogens with one attached hydrogen (secondary N) is 1. The Bertz CT molecular complexity index is 762. The molecule has 0 bridgehead atoms. The second-order valence-corrected chi connectivity index (χ2v) is 5.75. The van der Waals surface area contributed by atoms with Crippen molar-refractivity contribution in [3.8, 4) is 5.75 Å². The van der Waals surface area contributed by atoms with E-state index in [9.17, 15) is 14.9 Å². The number of benzene rings is 2. The quantitative estimate of drug-likeness (QED) is 0.505. The third-order valence-electron chi connectivity index (χ3n) is 3.23. The molecule has 2 aromatic carbocycles. The van der Waals surface area contributed by atoms with Gasteiger partial charge in [-0.2, -0.15) is 0 Å². The first-order chi connectivity index (χ1) is 10.9. The first-order valence-electron chi connectivity index (χ1n) is 6.79. The van der Waals surface area contributed by atoms with Crippen molar-refractivity contribution in [1.82, 2.24) is 0 Å². The van der Waals surface area contributed by atoms with E-state index in [2.05, 4.69) is 5.32 Å². The lowest BCUT2D eigenvalue weighted by Crippen LogP contribution is -2.17. The smallest absolute Gasteiger partial charge is 0.410 e. The van der Waals surface area contributed by atoms with Gasteiger partial charge in [0.2, 0.25) is 0 Å². The fourth-order valence-electron chi connectivity index (χ4n) is 2.05. The summed E-state index contributed by atoms with van der Waals surface area (Å²) in [5.41, 5.74) is 1.79. The minimum atomic E-state index is -0.695. The summed E-state index contributed by atoms with van der Waals surface area (Å²) < 4.78 is 5.20.